The van der Waals surface area contributed by atoms with Crippen LogP contribution in [0.15, 0.2) is 0 Å². The first-order valence-corrected chi connectivity index (χ1v) is 8.06. The van der Waals surface area contributed by atoms with Crippen molar-refractivity contribution in [1.82, 2.24) is 5.32 Å². The highest BCUT2D eigenvalue weighted by Gasteiger charge is 2.00. The summed E-state index contributed by atoms with van der Waals surface area (Å²) in [6.45, 7) is 3.92. The lowest BCUT2D eigenvalue weighted by atomic mass is 10.2. The summed E-state index contributed by atoms with van der Waals surface area (Å²) in [5.74, 6) is 1.14. The standard InChI is InChI=1S/C13H27NO2S/c1-3-4-10-16-13(15)12-14-9-7-5-6-8-11-17-2/h14H,3-12H2,1-2H3. The van der Waals surface area contributed by atoms with Crippen molar-refractivity contribution in [3.63, 3.8) is 0 Å². The van der Waals surface area contributed by atoms with E-state index in [0.717, 1.165) is 25.8 Å². The van der Waals surface area contributed by atoms with Crippen LogP contribution >= 0.6 is 11.8 Å². The van der Waals surface area contributed by atoms with Gasteiger partial charge in [-0.3, -0.25) is 4.79 Å². The Balaban J connectivity index is 3.08. The second kappa shape index (κ2) is 13.8. The van der Waals surface area contributed by atoms with Gasteiger partial charge in [-0.05, 0) is 37.8 Å². The van der Waals surface area contributed by atoms with Gasteiger partial charge in [-0.15, -0.1) is 0 Å². The number of rotatable bonds is 12. The number of nitrogens with one attached hydrogen (secondary N) is 1. The molecule has 0 heterocycles. The number of hydrogen-bond donors (Lipinski definition) is 1. The molecule has 17 heavy (non-hydrogen) atoms. The molecule has 0 radical (unpaired) electrons. The zero-order chi connectivity index (χ0) is 12.8. The Labute approximate surface area is 110 Å². The summed E-state index contributed by atoms with van der Waals surface area (Å²) >= 11 is 1.91. The highest BCUT2D eigenvalue weighted by atomic mass is 32.2. The molecule has 0 aliphatic rings. The fourth-order valence-electron chi connectivity index (χ4n) is 1.42. The number of thioether (sulfide) groups is 1. The molecule has 0 aliphatic heterocycles. The second-order valence-electron chi connectivity index (χ2n) is 4.16. The average molecular weight is 261 g/mol. The first kappa shape index (κ1) is 16.8. The van der Waals surface area contributed by atoms with Crippen LogP contribution in [0.25, 0.3) is 0 Å². The van der Waals surface area contributed by atoms with Crippen LogP contribution < -0.4 is 5.32 Å². The van der Waals surface area contributed by atoms with E-state index < -0.39 is 0 Å². The summed E-state index contributed by atoms with van der Waals surface area (Å²) in [4.78, 5) is 11.2. The fraction of sp³-hybridized carbons (Fsp3) is 0.923. The monoisotopic (exact) mass is 261 g/mol. The minimum absolute atomic E-state index is 0.124. The van der Waals surface area contributed by atoms with Crippen LogP contribution in [-0.2, 0) is 9.53 Å². The molecule has 0 aromatic rings. The normalized spacial score (nSPS) is 10.5. The van der Waals surface area contributed by atoms with E-state index in [1.165, 1.54) is 25.0 Å². The number of ether oxygens (including phenoxy) is 1. The van der Waals surface area contributed by atoms with Crippen molar-refractivity contribution < 1.29 is 9.53 Å². The summed E-state index contributed by atoms with van der Waals surface area (Å²) < 4.78 is 5.04. The summed E-state index contributed by atoms with van der Waals surface area (Å²) in [6.07, 6.45) is 9.17. The van der Waals surface area contributed by atoms with Crippen LogP contribution in [0.2, 0.25) is 0 Å². The van der Waals surface area contributed by atoms with E-state index in [1.807, 2.05) is 11.8 Å². The smallest absolute Gasteiger partial charge is 0.319 e. The van der Waals surface area contributed by atoms with E-state index in [-0.39, 0.29) is 5.97 Å². The summed E-state index contributed by atoms with van der Waals surface area (Å²) in [7, 11) is 0. The molecule has 0 aromatic carbocycles. The lowest BCUT2D eigenvalue weighted by Gasteiger charge is -2.05. The first-order chi connectivity index (χ1) is 8.31. The molecule has 1 N–H and O–H groups in total. The van der Waals surface area contributed by atoms with Crippen molar-refractivity contribution in [1.29, 1.82) is 0 Å². The largest absolute Gasteiger partial charge is 0.465 e. The molecule has 0 saturated carbocycles. The van der Waals surface area contributed by atoms with Crippen LogP contribution in [-0.4, -0.2) is 37.7 Å². The first-order valence-electron chi connectivity index (χ1n) is 6.66. The molecule has 0 saturated heterocycles. The lowest BCUT2D eigenvalue weighted by Crippen LogP contribution is -2.25. The third-order valence-corrected chi connectivity index (χ3v) is 3.18. The van der Waals surface area contributed by atoms with Crippen molar-refractivity contribution in [2.45, 2.75) is 45.4 Å². The highest BCUT2D eigenvalue weighted by Crippen LogP contribution is 2.03. The van der Waals surface area contributed by atoms with Crippen molar-refractivity contribution in [2.75, 3.05) is 31.7 Å². The molecule has 0 aliphatic carbocycles. The number of carbonyl (C=O) groups excluding carboxylic acids is 1. The molecule has 0 spiro atoms. The number of carbonyl (C=O) groups is 1. The minimum atomic E-state index is -0.124. The zero-order valence-corrected chi connectivity index (χ0v) is 12.1. The molecule has 0 unspecified atom stereocenters. The van der Waals surface area contributed by atoms with Crippen LogP contribution in [0.5, 0.6) is 0 Å². The van der Waals surface area contributed by atoms with Gasteiger partial charge in [0.15, 0.2) is 0 Å². The highest BCUT2D eigenvalue weighted by molar-refractivity contribution is 7.98. The Bertz CT molecular complexity index is 177. The van der Waals surface area contributed by atoms with Gasteiger partial charge in [0.25, 0.3) is 0 Å². The van der Waals surface area contributed by atoms with E-state index in [0.29, 0.717) is 13.2 Å². The maximum atomic E-state index is 11.2. The fourth-order valence-corrected chi connectivity index (χ4v) is 1.91. The van der Waals surface area contributed by atoms with Crippen molar-refractivity contribution >= 4 is 17.7 Å². The van der Waals surface area contributed by atoms with E-state index in [2.05, 4.69) is 18.5 Å². The maximum absolute atomic E-state index is 11.2. The van der Waals surface area contributed by atoms with Crippen molar-refractivity contribution in [2.24, 2.45) is 0 Å². The Morgan fingerprint density at radius 3 is 2.65 bits per heavy atom. The predicted octanol–water partition coefficient (Wildman–Crippen LogP) is 2.84. The number of hydrogen-bond acceptors (Lipinski definition) is 4. The maximum Gasteiger partial charge on any atom is 0.319 e. The topological polar surface area (TPSA) is 38.3 Å². The van der Waals surface area contributed by atoms with Crippen LogP contribution in [0.3, 0.4) is 0 Å². The number of esters is 1. The Kier molecular flexibility index (Phi) is 13.7. The molecule has 4 heteroatoms. The van der Waals surface area contributed by atoms with Gasteiger partial charge in [-0.1, -0.05) is 26.2 Å². The molecule has 3 nitrogen and oxygen atoms in total. The molecule has 0 bridgehead atoms. The molecule has 0 amide bonds. The molecular formula is C13H27NO2S. The molecular weight excluding hydrogens is 234 g/mol. The summed E-state index contributed by atoms with van der Waals surface area (Å²) in [6, 6.07) is 0. The molecule has 0 rings (SSSR count). The lowest BCUT2D eigenvalue weighted by molar-refractivity contribution is -0.142. The number of unbranched alkanes of at least 4 members (excludes halogenated alkanes) is 4. The third-order valence-electron chi connectivity index (χ3n) is 2.48. The minimum Gasteiger partial charge on any atom is -0.465 e. The van der Waals surface area contributed by atoms with Gasteiger partial charge in [-0.2, -0.15) is 11.8 Å². The van der Waals surface area contributed by atoms with Gasteiger partial charge in [0.05, 0.1) is 13.2 Å². The van der Waals surface area contributed by atoms with Gasteiger partial charge in [0, 0.05) is 0 Å². The molecule has 0 aromatic heterocycles. The van der Waals surface area contributed by atoms with E-state index in [1.54, 1.807) is 0 Å². The molecule has 102 valence electrons. The van der Waals surface area contributed by atoms with Gasteiger partial charge in [0.2, 0.25) is 0 Å². The van der Waals surface area contributed by atoms with Crippen molar-refractivity contribution in [3.05, 3.63) is 0 Å². The third kappa shape index (κ3) is 13.7. The second-order valence-corrected chi connectivity index (χ2v) is 5.14. The van der Waals surface area contributed by atoms with Gasteiger partial charge in [0.1, 0.15) is 0 Å². The summed E-state index contributed by atoms with van der Waals surface area (Å²) in [5, 5.41) is 3.12. The average Bonchev–Trinajstić information content (AvgIpc) is 2.33. The van der Waals surface area contributed by atoms with E-state index in [9.17, 15) is 4.79 Å². The van der Waals surface area contributed by atoms with E-state index in [4.69, 9.17) is 4.74 Å². The van der Waals surface area contributed by atoms with Crippen LogP contribution in [0.4, 0.5) is 0 Å². The van der Waals surface area contributed by atoms with E-state index >= 15 is 0 Å². The van der Waals surface area contributed by atoms with Crippen molar-refractivity contribution in [3.8, 4) is 0 Å². The molecule has 0 atom stereocenters. The van der Waals surface area contributed by atoms with Gasteiger partial charge >= 0.3 is 5.97 Å². The van der Waals surface area contributed by atoms with Crippen LogP contribution in [0.1, 0.15) is 45.4 Å². The van der Waals surface area contributed by atoms with Crippen LogP contribution in [0, 0.1) is 0 Å². The zero-order valence-electron chi connectivity index (χ0n) is 11.3. The van der Waals surface area contributed by atoms with Gasteiger partial charge in [-0.25, -0.2) is 0 Å². The Hall–Kier alpha value is -0.220. The predicted molar refractivity (Wildman–Crippen MR) is 75.6 cm³/mol. The van der Waals surface area contributed by atoms with Gasteiger partial charge < -0.3 is 10.1 Å². The Morgan fingerprint density at radius 1 is 1.18 bits per heavy atom. The Morgan fingerprint density at radius 2 is 1.94 bits per heavy atom. The quantitative estimate of drug-likeness (QED) is 0.433. The molecule has 0 fully saturated rings. The summed E-state index contributed by atoms with van der Waals surface area (Å²) in [5.41, 5.74) is 0. The SMILES string of the molecule is CCCCOC(=O)CNCCCCCCSC.